The summed E-state index contributed by atoms with van der Waals surface area (Å²) in [6.07, 6.45) is 1.10. The summed E-state index contributed by atoms with van der Waals surface area (Å²) in [4.78, 5) is 4.95. The zero-order chi connectivity index (χ0) is 15.4. The van der Waals surface area contributed by atoms with E-state index in [2.05, 4.69) is 72.3 Å². The van der Waals surface area contributed by atoms with Crippen molar-refractivity contribution >= 4 is 0 Å². The van der Waals surface area contributed by atoms with Gasteiger partial charge in [-0.15, -0.1) is 0 Å². The van der Waals surface area contributed by atoms with E-state index in [-0.39, 0.29) is 0 Å². The lowest BCUT2D eigenvalue weighted by atomic mass is 10.0. The van der Waals surface area contributed by atoms with Crippen molar-refractivity contribution in [1.82, 2.24) is 9.80 Å². The molecule has 0 amide bonds. The van der Waals surface area contributed by atoms with E-state index in [4.69, 9.17) is 0 Å². The molecule has 1 heterocycles. The number of nitrogens with zero attached hydrogens (tertiary/aromatic N) is 2. The molecule has 0 saturated carbocycles. The maximum atomic E-state index is 2.55. The average Bonchev–Trinajstić information content (AvgIpc) is 2.58. The highest BCUT2D eigenvalue weighted by Crippen LogP contribution is 2.21. The molecule has 1 fully saturated rings. The second-order valence-corrected chi connectivity index (χ2v) is 6.33. The summed E-state index contributed by atoms with van der Waals surface area (Å²) >= 11 is 0. The summed E-state index contributed by atoms with van der Waals surface area (Å²) in [6.45, 7) is 7.99. The van der Waals surface area contributed by atoms with Crippen LogP contribution in [0.5, 0.6) is 0 Å². The number of hydrogen-bond acceptors (Lipinski definition) is 2. The van der Waals surface area contributed by atoms with Crippen LogP contribution >= 0.6 is 0 Å². The van der Waals surface area contributed by atoms with E-state index < -0.39 is 0 Å². The number of aryl methyl sites for hydroxylation is 1. The highest BCUT2D eigenvalue weighted by molar-refractivity contribution is 5.63. The summed E-state index contributed by atoms with van der Waals surface area (Å²) in [5.41, 5.74) is 5.43. The Morgan fingerprint density at radius 3 is 1.73 bits per heavy atom. The monoisotopic (exact) mass is 294 g/mol. The highest BCUT2D eigenvalue weighted by atomic mass is 15.2. The lowest BCUT2D eigenvalue weighted by Crippen LogP contribution is -2.43. The summed E-state index contributed by atoms with van der Waals surface area (Å²) in [7, 11) is 2.20. The second kappa shape index (κ2) is 7.08. The van der Waals surface area contributed by atoms with Gasteiger partial charge in [-0.25, -0.2) is 0 Å². The Morgan fingerprint density at radius 1 is 0.727 bits per heavy atom. The largest absolute Gasteiger partial charge is 0.304 e. The van der Waals surface area contributed by atoms with Gasteiger partial charge in [-0.3, -0.25) is 4.90 Å². The first kappa shape index (κ1) is 15.3. The number of likely N-dealkylation sites (N-methyl/N-ethyl adjacent to an activating group) is 1. The molecule has 1 aliphatic heterocycles. The van der Waals surface area contributed by atoms with Crippen LogP contribution in [0, 0.1) is 0 Å². The molecular weight excluding hydrogens is 268 g/mol. The van der Waals surface area contributed by atoms with Crippen LogP contribution in [0.1, 0.15) is 18.1 Å². The molecular formula is C20H26N2. The zero-order valence-corrected chi connectivity index (χ0v) is 13.8. The van der Waals surface area contributed by atoms with Crippen LogP contribution in [0.3, 0.4) is 0 Å². The minimum Gasteiger partial charge on any atom is -0.304 e. The van der Waals surface area contributed by atoms with Gasteiger partial charge < -0.3 is 4.90 Å². The van der Waals surface area contributed by atoms with Crippen molar-refractivity contribution in [2.24, 2.45) is 0 Å². The van der Waals surface area contributed by atoms with Crippen LogP contribution in [0.2, 0.25) is 0 Å². The van der Waals surface area contributed by atoms with Gasteiger partial charge in [0, 0.05) is 32.7 Å². The molecule has 0 aliphatic carbocycles. The number of piperazine rings is 1. The quantitative estimate of drug-likeness (QED) is 0.849. The smallest absolute Gasteiger partial charge is 0.0234 e. The Morgan fingerprint density at radius 2 is 1.23 bits per heavy atom. The molecule has 0 spiro atoms. The van der Waals surface area contributed by atoms with Gasteiger partial charge >= 0.3 is 0 Å². The Labute approximate surface area is 134 Å². The molecule has 0 N–H and O–H groups in total. The topological polar surface area (TPSA) is 6.48 Å². The minimum atomic E-state index is 1.07. The van der Waals surface area contributed by atoms with Crippen LogP contribution in [0.15, 0.2) is 48.5 Å². The Bertz CT molecular complexity index is 578. The summed E-state index contributed by atoms with van der Waals surface area (Å²) in [5.74, 6) is 0. The lowest BCUT2D eigenvalue weighted by molar-refractivity contribution is 0.148. The summed E-state index contributed by atoms with van der Waals surface area (Å²) in [5, 5.41) is 0. The third-order valence-corrected chi connectivity index (χ3v) is 4.65. The fraction of sp³-hybridized carbons (Fsp3) is 0.400. The van der Waals surface area contributed by atoms with E-state index in [9.17, 15) is 0 Å². The van der Waals surface area contributed by atoms with Crippen molar-refractivity contribution in [2.45, 2.75) is 19.9 Å². The second-order valence-electron chi connectivity index (χ2n) is 6.33. The third-order valence-electron chi connectivity index (χ3n) is 4.65. The standard InChI is InChI=1S/C20H26N2/c1-3-17-4-8-19(9-5-17)20-10-6-18(7-11-20)16-22-14-12-21(2)13-15-22/h4-11H,3,12-16H2,1-2H3. The molecule has 0 unspecified atom stereocenters. The minimum absolute atomic E-state index is 1.07. The molecule has 116 valence electrons. The number of rotatable bonds is 4. The molecule has 1 aliphatic rings. The summed E-state index contributed by atoms with van der Waals surface area (Å²) < 4.78 is 0. The maximum absolute atomic E-state index is 2.55. The fourth-order valence-corrected chi connectivity index (χ4v) is 3.00. The van der Waals surface area contributed by atoms with Crippen LogP contribution in [-0.4, -0.2) is 43.0 Å². The van der Waals surface area contributed by atoms with Crippen molar-refractivity contribution in [3.05, 3.63) is 59.7 Å². The van der Waals surface area contributed by atoms with Gasteiger partial charge in [-0.1, -0.05) is 55.5 Å². The van der Waals surface area contributed by atoms with Crippen LogP contribution in [-0.2, 0) is 13.0 Å². The van der Waals surface area contributed by atoms with Crippen molar-refractivity contribution in [3.8, 4) is 11.1 Å². The lowest BCUT2D eigenvalue weighted by Gasteiger charge is -2.32. The number of hydrogen-bond donors (Lipinski definition) is 0. The van der Waals surface area contributed by atoms with E-state index in [1.807, 2.05) is 0 Å². The first-order chi connectivity index (χ1) is 10.7. The molecule has 2 heteroatoms. The van der Waals surface area contributed by atoms with Gasteiger partial charge in [0.25, 0.3) is 0 Å². The molecule has 22 heavy (non-hydrogen) atoms. The molecule has 2 nitrogen and oxygen atoms in total. The fourth-order valence-electron chi connectivity index (χ4n) is 3.00. The maximum Gasteiger partial charge on any atom is 0.0234 e. The normalized spacial score (nSPS) is 16.8. The predicted molar refractivity (Wildman–Crippen MR) is 94.0 cm³/mol. The van der Waals surface area contributed by atoms with Crippen LogP contribution in [0.25, 0.3) is 11.1 Å². The molecule has 1 saturated heterocycles. The average molecular weight is 294 g/mol. The molecule has 3 rings (SSSR count). The van der Waals surface area contributed by atoms with Crippen LogP contribution < -0.4 is 0 Å². The van der Waals surface area contributed by atoms with Gasteiger partial charge in [-0.2, -0.15) is 0 Å². The SMILES string of the molecule is CCc1ccc(-c2ccc(CN3CCN(C)CC3)cc2)cc1. The zero-order valence-electron chi connectivity index (χ0n) is 13.8. The van der Waals surface area contributed by atoms with Crippen LogP contribution in [0.4, 0.5) is 0 Å². The van der Waals surface area contributed by atoms with Crippen molar-refractivity contribution in [1.29, 1.82) is 0 Å². The van der Waals surface area contributed by atoms with Crippen molar-refractivity contribution in [2.75, 3.05) is 33.2 Å². The van der Waals surface area contributed by atoms with Gasteiger partial charge in [0.15, 0.2) is 0 Å². The van der Waals surface area contributed by atoms with Crippen molar-refractivity contribution < 1.29 is 0 Å². The van der Waals surface area contributed by atoms with E-state index in [0.717, 1.165) is 13.0 Å². The van der Waals surface area contributed by atoms with E-state index in [1.54, 1.807) is 0 Å². The molecule has 0 radical (unpaired) electrons. The van der Waals surface area contributed by atoms with E-state index in [0.29, 0.717) is 0 Å². The molecule has 0 bridgehead atoms. The van der Waals surface area contributed by atoms with Gasteiger partial charge in [0.2, 0.25) is 0 Å². The third kappa shape index (κ3) is 3.76. The van der Waals surface area contributed by atoms with Gasteiger partial charge in [-0.05, 0) is 35.7 Å². The predicted octanol–water partition coefficient (Wildman–Crippen LogP) is 3.66. The van der Waals surface area contributed by atoms with Gasteiger partial charge in [0.1, 0.15) is 0 Å². The Kier molecular flexibility index (Phi) is 4.91. The first-order valence-corrected chi connectivity index (χ1v) is 8.34. The molecule has 0 aromatic heterocycles. The van der Waals surface area contributed by atoms with Crippen molar-refractivity contribution in [3.63, 3.8) is 0 Å². The molecule has 2 aromatic carbocycles. The Hall–Kier alpha value is -1.64. The molecule has 0 atom stereocenters. The Balaban J connectivity index is 1.64. The first-order valence-electron chi connectivity index (χ1n) is 8.34. The highest BCUT2D eigenvalue weighted by Gasteiger charge is 2.13. The van der Waals surface area contributed by atoms with E-state index >= 15 is 0 Å². The van der Waals surface area contributed by atoms with E-state index in [1.165, 1.54) is 48.4 Å². The molecule has 2 aromatic rings. The number of benzene rings is 2. The van der Waals surface area contributed by atoms with Gasteiger partial charge in [0.05, 0.1) is 0 Å². The summed E-state index contributed by atoms with van der Waals surface area (Å²) in [6, 6.07) is 18.0.